The van der Waals surface area contributed by atoms with Crippen molar-refractivity contribution in [2.45, 2.75) is 96.8 Å². The molecule has 0 aliphatic carbocycles. The first kappa shape index (κ1) is 27.6. The molecule has 146 valence electrons. The van der Waals surface area contributed by atoms with Crippen molar-refractivity contribution in [1.82, 2.24) is 0 Å². The Morgan fingerprint density at radius 2 is 1.20 bits per heavy atom. The topological polar surface area (TPSA) is 80.7 Å². The molecule has 5 nitrogen and oxygen atoms in total. The standard InChI is InChI=1S/C18H36O5S.Na.H/c1-2-3-4-5-6-7-8-9-10-11-12-13-14-15-18(19)23-16-17-24(20,21)22;;/h2-17H2,1H3,(H,20,21,22);;. The van der Waals surface area contributed by atoms with Gasteiger partial charge in [-0.2, -0.15) is 8.42 Å². The van der Waals surface area contributed by atoms with E-state index < -0.39 is 15.9 Å². The van der Waals surface area contributed by atoms with Gasteiger partial charge in [0.1, 0.15) is 12.4 Å². The van der Waals surface area contributed by atoms with E-state index in [4.69, 9.17) is 9.29 Å². The summed E-state index contributed by atoms with van der Waals surface area (Å²) < 4.78 is 34.2. The Balaban J connectivity index is 0. The molecular weight excluding hydrogens is 351 g/mol. The molecule has 0 heterocycles. The zero-order valence-electron chi connectivity index (χ0n) is 15.3. The van der Waals surface area contributed by atoms with Crippen LogP contribution in [0.4, 0.5) is 0 Å². The van der Waals surface area contributed by atoms with Crippen LogP contribution in [0.15, 0.2) is 0 Å². The molecule has 0 aliphatic heterocycles. The number of hydrogen-bond acceptors (Lipinski definition) is 4. The van der Waals surface area contributed by atoms with Crippen LogP contribution in [0.1, 0.15) is 96.8 Å². The van der Waals surface area contributed by atoms with Crippen molar-refractivity contribution in [2.75, 3.05) is 12.4 Å². The Morgan fingerprint density at radius 3 is 1.60 bits per heavy atom. The molecule has 7 heteroatoms. The van der Waals surface area contributed by atoms with Gasteiger partial charge in [-0.1, -0.05) is 84.0 Å². The second-order valence-electron chi connectivity index (χ2n) is 6.50. The number of carbonyl (C=O) groups excluding carboxylic acids is 1. The predicted molar refractivity (Wildman–Crippen MR) is 105 cm³/mol. The summed E-state index contributed by atoms with van der Waals surface area (Å²) in [7, 11) is -4.05. The maximum atomic E-state index is 11.3. The third-order valence-electron chi connectivity index (χ3n) is 4.09. The molecule has 0 aromatic heterocycles. The molecule has 1 N–H and O–H groups in total. The second kappa shape index (κ2) is 19.2. The van der Waals surface area contributed by atoms with Gasteiger partial charge >= 0.3 is 35.5 Å². The summed E-state index contributed by atoms with van der Waals surface area (Å²) in [5.74, 6) is -0.918. The van der Waals surface area contributed by atoms with Crippen molar-refractivity contribution in [3.8, 4) is 0 Å². The average Bonchev–Trinajstić information content (AvgIpc) is 2.50. The fourth-order valence-corrected chi connectivity index (χ4v) is 2.91. The first-order valence-electron chi connectivity index (χ1n) is 9.56. The van der Waals surface area contributed by atoms with Crippen LogP contribution in [0, 0.1) is 0 Å². The molecule has 0 aromatic carbocycles. The molecular formula is C18H37NaO5S. The van der Waals surface area contributed by atoms with E-state index in [1.807, 2.05) is 0 Å². The molecule has 0 rings (SSSR count). The minimum atomic E-state index is -4.05. The van der Waals surface area contributed by atoms with Crippen LogP contribution in [0.2, 0.25) is 0 Å². The Morgan fingerprint density at radius 1 is 0.800 bits per heavy atom. The molecule has 0 fully saturated rings. The molecule has 25 heavy (non-hydrogen) atoms. The van der Waals surface area contributed by atoms with Crippen LogP contribution in [0.25, 0.3) is 0 Å². The van der Waals surface area contributed by atoms with Crippen LogP contribution >= 0.6 is 0 Å². The van der Waals surface area contributed by atoms with Crippen molar-refractivity contribution >= 4 is 45.6 Å². The van der Waals surface area contributed by atoms with E-state index >= 15 is 0 Å². The van der Waals surface area contributed by atoms with Gasteiger partial charge in [-0.15, -0.1) is 0 Å². The molecule has 0 aromatic rings. The molecule has 0 amide bonds. The third-order valence-corrected chi connectivity index (χ3v) is 4.77. The van der Waals surface area contributed by atoms with Gasteiger partial charge in [0, 0.05) is 6.42 Å². The van der Waals surface area contributed by atoms with Gasteiger partial charge in [-0.3, -0.25) is 9.35 Å². The summed E-state index contributed by atoms with van der Waals surface area (Å²) >= 11 is 0. The number of rotatable bonds is 17. The van der Waals surface area contributed by atoms with Crippen LogP contribution in [0.5, 0.6) is 0 Å². The SMILES string of the molecule is CCCCCCCCCCCCCCCC(=O)OCCS(=O)(=O)O.[NaH]. The molecule has 0 aliphatic rings. The number of hydrogen-bond donors (Lipinski definition) is 1. The fourth-order valence-electron chi connectivity index (χ4n) is 2.62. The van der Waals surface area contributed by atoms with Gasteiger partial charge < -0.3 is 4.74 Å². The van der Waals surface area contributed by atoms with Crippen LogP contribution < -0.4 is 0 Å². The summed E-state index contributed by atoms with van der Waals surface area (Å²) in [5, 5.41) is 0. The molecule has 0 saturated heterocycles. The monoisotopic (exact) mass is 388 g/mol. The Labute approximate surface area is 176 Å². The third kappa shape index (κ3) is 24.4. The maximum absolute atomic E-state index is 11.3. The van der Waals surface area contributed by atoms with Gasteiger partial charge in [-0.05, 0) is 6.42 Å². The van der Waals surface area contributed by atoms with Gasteiger partial charge in [-0.25, -0.2) is 0 Å². The van der Waals surface area contributed by atoms with Gasteiger partial charge in [0.25, 0.3) is 10.1 Å². The number of carbonyl (C=O) groups is 1. The van der Waals surface area contributed by atoms with Gasteiger partial charge in [0.05, 0.1) is 0 Å². The van der Waals surface area contributed by atoms with Crippen molar-refractivity contribution in [3.63, 3.8) is 0 Å². The van der Waals surface area contributed by atoms with E-state index in [1.54, 1.807) is 0 Å². The van der Waals surface area contributed by atoms with Crippen LogP contribution in [-0.4, -0.2) is 60.9 Å². The van der Waals surface area contributed by atoms with Crippen molar-refractivity contribution < 1.29 is 22.5 Å². The molecule has 0 saturated carbocycles. The van der Waals surface area contributed by atoms with Gasteiger partial charge in [0.15, 0.2) is 0 Å². The second-order valence-corrected chi connectivity index (χ2v) is 8.07. The number of esters is 1. The van der Waals surface area contributed by atoms with E-state index in [0.29, 0.717) is 6.42 Å². The average molecular weight is 389 g/mol. The minimum absolute atomic E-state index is 0. The molecule has 0 unspecified atom stereocenters. The van der Waals surface area contributed by atoms with E-state index in [2.05, 4.69) is 6.92 Å². The Bertz CT molecular complexity index is 398. The molecule has 0 atom stereocenters. The van der Waals surface area contributed by atoms with E-state index in [9.17, 15) is 13.2 Å². The first-order chi connectivity index (χ1) is 11.5. The van der Waals surface area contributed by atoms with E-state index in [-0.39, 0.29) is 42.1 Å². The first-order valence-corrected chi connectivity index (χ1v) is 11.2. The van der Waals surface area contributed by atoms with Crippen molar-refractivity contribution in [1.29, 1.82) is 0 Å². The normalized spacial score (nSPS) is 11.1. The van der Waals surface area contributed by atoms with Crippen LogP contribution in [0.3, 0.4) is 0 Å². The quantitative estimate of drug-likeness (QED) is 0.174. The predicted octanol–water partition coefficient (Wildman–Crippen LogP) is 4.25. The summed E-state index contributed by atoms with van der Waals surface area (Å²) in [6, 6.07) is 0. The number of unbranched alkanes of at least 4 members (excludes halogenated alkanes) is 12. The number of ether oxygens (including phenoxy) is 1. The van der Waals surface area contributed by atoms with Crippen molar-refractivity contribution in [3.05, 3.63) is 0 Å². The van der Waals surface area contributed by atoms with E-state index in [1.165, 1.54) is 64.2 Å². The molecule has 0 bridgehead atoms. The van der Waals surface area contributed by atoms with Crippen molar-refractivity contribution in [2.24, 2.45) is 0 Å². The summed E-state index contributed by atoms with van der Waals surface area (Å²) in [4.78, 5) is 11.3. The zero-order chi connectivity index (χ0) is 18.1. The molecule has 0 spiro atoms. The fraction of sp³-hybridized carbons (Fsp3) is 0.944. The van der Waals surface area contributed by atoms with Gasteiger partial charge in [0.2, 0.25) is 0 Å². The summed E-state index contributed by atoms with van der Waals surface area (Å²) in [6.45, 7) is 1.98. The zero-order valence-corrected chi connectivity index (χ0v) is 16.1. The molecule has 0 radical (unpaired) electrons. The van der Waals surface area contributed by atoms with E-state index in [0.717, 1.165) is 19.3 Å². The summed E-state index contributed by atoms with van der Waals surface area (Å²) in [6.07, 6.45) is 16.6. The summed E-state index contributed by atoms with van der Waals surface area (Å²) in [5.41, 5.74) is 0. The Hall–Kier alpha value is 0.380. The van der Waals surface area contributed by atoms with Crippen LogP contribution in [-0.2, 0) is 19.6 Å². The Kier molecular flexibility index (Phi) is 21.1.